The number of hydrogen-bond acceptors (Lipinski definition) is 27. The van der Waals surface area contributed by atoms with Crippen molar-refractivity contribution >= 4 is 129 Å². The van der Waals surface area contributed by atoms with Crippen LogP contribution in [-0.2, 0) is 89.6 Å². The molecule has 4 aromatic rings. The van der Waals surface area contributed by atoms with E-state index in [2.05, 4.69) is 42.5 Å². The first-order chi connectivity index (χ1) is 59.1. The number of amides is 10. The first-order valence-electron chi connectivity index (χ1n) is 39.1. The molecule has 1 fully saturated rings. The summed E-state index contributed by atoms with van der Waals surface area (Å²) in [5, 5.41) is 147. The summed E-state index contributed by atoms with van der Waals surface area (Å²) in [5.74, 6) is -21.4. The second-order valence-corrected chi connectivity index (χ2v) is 28.9. The van der Waals surface area contributed by atoms with Gasteiger partial charge in [0.15, 0.2) is 0 Å². The zero-order valence-corrected chi connectivity index (χ0v) is 67.3. The Hall–Kier alpha value is -14.2. The van der Waals surface area contributed by atoms with Gasteiger partial charge in [0, 0.05) is 123 Å². The third kappa shape index (κ3) is 37.4. The van der Waals surface area contributed by atoms with E-state index in [9.17, 15) is 148 Å². The third-order valence-electron chi connectivity index (χ3n) is 19.5. The number of non-ortho nitro benzene ring substituents is 1. The summed E-state index contributed by atoms with van der Waals surface area (Å²) in [4.78, 5) is 259. The first-order valence-corrected chi connectivity index (χ1v) is 39.1. The number of carboxylic acids is 9. The molecule has 4 aromatic carbocycles. The van der Waals surface area contributed by atoms with E-state index in [-0.39, 0.29) is 128 Å². The van der Waals surface area contributed by atoms with Gasteiger partial charge in [-0.15, -0.1) is 0 Å². The second kappa shape index (κ2) is 51.6. The lowest BCUT2D eigenvalue weighted by atomic mass is 9.99. The smallest absolute Gasteiger partial charge is 0.326 e. The largest absolute Gasteiger partial charge is 0.508 e. The van der Waals surface area contributed by atoms with Gasteiger partial charge >= 0.3 is 59.8 Å². The molecular weight excluding hydrogens is 1660 g/mol. The maximum Gasteiger partial charge on any atom is 0.326 e. The van der Waals surface area contributed by atoms with Gasteiger partial charge in [-0.3, -0.25) is 102 Å². The molecule has 1 saturated heterocycles. The molecule has 125 heavy (non-hydrogen) atoms. The number of carbonyl (C=O) groups is 18. The van der Waals surface area contributed by atoms with Gasteiger partial charge in [-0.25, -0.2) is 24.0 Å². The van der Waals surface area contributed by atoms with Crippen molar-refractivity contribution in [3.63, 3.8) is 0 Å². The molecule has 10 amide bonds. The van der Waals surface area contributed by atoms with E-state index in [0.717, 1.165) is 11.5 Å². The number of nitro groups is 2. The van der Waals surface area contributed by atoms with Crippen LogP contribution in [0.3, 0.4) is 0 Å². The number of carbonyl (C=O) groups excluding carboxylic acids is 9. The molecular formula is C77H100N16O32. The summed E-state index contributed by atoms with van der Waals surface area (Å²) < 4.78 is 0. The Kier molecular flexibility index (Phi) is 41.8. The molecule has 1 heterocycles. The van der Waals surface area contributed by atoms with Gasteiger partial charge in [-0.05, 0) is 91.5 Å². The van der Waals surface area contributed by atoms with Crippen LogP contribution < -0.4 is 53.2 Å². The number of urea groups is 1. The first kappa shape index (κ1) is 101. The highest BCUT2D eigenvalue weighted by Gasteiger charge is 2.36. The van der Waals surface area contributed by atoms with Gasteiger partial charge in [-0.2, -0.15) is 0 Å². The van der Waals surface area contributed by atoms with Gasteiger partial charge in [0.2, 0.25) is 41.4 Å². The molecule has 0 saturated carbocycles. The quantitative estimate of drug-likeness (QED) is 0.0125. The predicted molar refractivity (Wildman–Crippen MR) is 430 cm³/mol. The standard InChI is InChI=1S/C77H100N16O32/c94-49-15-11-44(12-16-49)37-55(84-71(110)57(85-68(107)50-17-14-48(92(122)123)39-59(50)93(124)125)40-80-62(97)22-20-58(76(119)120)91-34-32-89(42-66(103)104)30-28-88(41-65(101)102)29-31-90(33-35-91)43-67(105)106)70(109)83-56(38-45-10-13-46-6-1-2-7-47(46)36-45)69(108)82-52(73(113)114)8-3-4-26-78-60(95)23-24-61(96)79-27-5-9-51(72(111)112)81-63(98)21-18-53(74(115)116)86-77(121)87-54(75(117)118)19-25-64(99)100/h1-2,6-7,10-17,36,39,51-58,94H,3-5,8-9,18-35,37-38,40-43H2,(H,78,95)(H,79,96)(H,80,97)(H,81,98)(H,82,108)(H,83,109)(H,84,110)(H,85,107)(H,99,100)(H,101,102)(H,103,104)(H,105,106)(H,111,112)(H,113,114)(H,115,116)(H,117,118)(H,119,120)(H2,86,87,121)/t51-,52+,53-,54-,55+,56+,57-,58?/m0/s1. The molecule has 0 aromatic heterocycles. The summed E-state index contributed by atoms with van der Waals surface area (Å²) in [6.07, 6.45) is -5.64. The van der Waals surface area contributed by atoms with Crippen LogP contribution in [-0.4, -0.2) is 327 Å². The van der Waals surface area contributed by atoms with Crippen molar-refractivity contribution < 1.29 is 147 Å². The lowest BCUT2D eigenvalue weighted by molar-refractivity contribution is -0.394. The summed E-state index contributed by atoms with van der Waals surface area (Å²) in [5.41, 5.74) is -2.18. The molecule has 680 valence electrons. The second-order valence-electron chi connectivity index (χ2n) is 28.9. The summed E-state index contributed by atoms with van der Waals surface area (Å²) in [7, 11) is 0. The Bertz CT molecular complexity index is 4520. The maximum atomic E-state index is 15.1. The lowest BCUT2D eigenvalue weighted by Gasteiger charge is -2.35. The number of unbranched alkanes of at least 4 members (excludes halogenated alkanes) is 1. The van der Waals surface area contributed by atoms with Crippen LogP contribution in [0.1, 0.15) is 105 Å². The Morgan fingerprint density at radius 1 is 0.376 bits per heavy atom. The van der Waals surface area contributed by atoms with E-state index in [0.29, 0.717) is 23.1 Å². The molecule has 0 radical (unpaired) electrons. The fourth-order valence-electron chi connectivity index (χ4n) is 12.9. The number of nitrogens with one attached hydrogen (secondary N) is 10. The van der Waals surface area contributed by atoms with Crippen LogP contribution in [0.25, 0.3) is 10.8 Å². The minimum Gasteiger partial charge on any atom is -0.508 e. The molecule has 48 nitrogen and oxygen atoms in total. The maximum absolute atomic E-state index is 15.1. The Morgan fingerprint density at radius 2 is 0.816 bits per heavy atom. The number of fused-ring (bicyclic) bond motifs is 1. The van der Waals surface area contributed by atoms with Crippen molar-refractivity contribution in [2.75, 3.05) is 91.6 Å². The minimum atomic E-state index is -2.09. The zero-order valence-electron chi connectivity index (χ0n) is 67.3. The van der Waals surface area contributed by atoms with Crippen molar-refractivity contribution in [3.8, 4) is 5.75 Å². The average molecular weight is 1760 g/mol. The van der Waals surface area contributed by atoms with Gasteiger partial charge in [0.05, 0.1) is 35.5 Å². The fraction of sp³-hybridized carbons (Fsp3) is 0.481. The third-order valence-corrected chi connectivity index (χ3v) is 19.5. The van der Waals surface area contributed by atoms with Crippen molar-refractivity contribution in [2.24, 2.45) is 0 Å². The summed E-state index contributed by atoms with van der Waals surface area (Å²) in [6.45, 7) is -3.38. The van der Waals surface area contributed by atoms with Crippen molar-refractivity contribution in [1.29, 1.82) is 0 Å². The van der Waals surface area contributed by atoms with E-state index in [1.54, 1.807) is 42.5 Å². The number of nitrogens with zero attached hydrogens (tertiary/aromatic N) is 6. The van der Waals surface area contributed by atoms with Crippen LogP contribution >= 0.6 is 0 Å². The molecule has 5 rings (SSSR count). The van der Waals surface area contributed by atoms with Crippen LogP contribution in [0.2, 0.25) is 0 Å². The number of aromatic hydroxyl groups is 1. The SMILES string of the molecule is O=C(O)CC[C@H](NC(=O)N[C@@H](CCC(=O)N[C@@H](CCCNC(=O)CCC(=O)NCCCC[C@@H](NC(=O)[C@@H](Cc1ccc2ccccc2c1)NC(=O)[C@@H](Cc1ccc(O)cc1)NC(=O)[C@H](CNC(=O)CCC(C(=O)O)N1CCN(CC(=O)O)CCN(CC(=O)O)CCN(CC(=O)O)CC1)NC(=O)c1ccc([N+](=O)[O-])cc1[N+](=O)[O-])C(=O)O)C(=O)O)C(=O)O)C(=O)O. The van der Waals surface area contributed by atoms with Crippen molar-refractivity contribution in [3.05, 3.63) is 122 Å². The van der Waals surface area contributed by atoms with Gasteiger partial charge in [0.25, 0.3) is 17.3 Å². The van der Waals surface area contributed by atoms with E-state index in [4.69, 9.17) is 5.11 Å². The number of benzene rings is 4. The summed E-state index contributed by atoms with van der Waals surface area (Å²) >= 11 is 0. The van der Waals surface area contributed by atoms with Crippen molar-refractivity contribution in [1.82, 2.24) is 72.8 Å². The highest BCUT2D eigenvalue weighted by molar-refractivity contribution is 6.02. The van der Waals surface area contributed by atoms with E-state index >= 15 is 4.79 Å². The van der Waals surface area contributed by atoms with Crippen molar-refractivity contribution in [2.45, 2.75) is 145 Å². The topological polar surface area (TPSA) is 729 Å². The molecule has 1 aliphatic heterocycles. The van der Waals surface area contributed by atoms with E-state index in [1.165, 1.54) is 43.9 Å². The van der Waals surface area contributed by atoms with Crippen LogP contribution in [0.4, 0.5) is 16.2 Å². The van der Waals surface area contributed by atoms with Gasteiger partial charge in [0.1, 0.15) is 59.6 Å². The van der Waals surface area contributed by atoms with Crippen LogP contribution in [0, 0.1) is 20.2 Å². The number of nitro benzene ring substituents is 2. The normalized spacial score (nSPS) is 14.8. The number of hydrogen-bond donors (Lipinski definition) is 20. The molecule has 20 N–H and O–H groups in total. The molecule has 1 unspecified atom stereocenters. The Morgan fingerprint density at radius 3 is 1.31 bits per heavy atom. The average Bonchev–Trinajstić information content (AvgIpc) is 0.772. The Balaban J connectivity index is 1.29. The van der Waals surface area contributed by atoms with Crippen LogP contribution in [0.5, 0.6) is 5.75 Å². The minimum absolute atomic E-state index is 0.0133. The molecule has 1 aliphatic rings. The van der Waals surface area contributed by atoms with Crippen LogP contribution in [0.15, 0.2) is 84.9 Å². The van der Waals surface area contributed by atoms with E-state index < -0.39 is 253 Å². The lowest BCUT2D eigenvalue weighted by Crippen LogP contribution is -2.60. The number of phenols is 1. The zero-order chi connectivity index (χ0) is 92.6. The number of carboxylic acid groups (broad SMARTS) is 9. The van der Waals surface area contributed by atoms with Gasteiger partial charge in [-0.1, -0.05) is 54.6 Å². The highest BCUT2D eigenvalue weighted by Crippen LogP contribution is 2.26. The molecule has 8 atom stereocenters. The number of rotatable bonds is 52. The number of aliphatic carboxylic acids is 9. The molecule has 0 spiro atoms. The van der Waals surface area contributed by atoms with E-state index in [1.807, 2.05) is 10.6 Å². The van der Waals surface area contributed by atoms with Gasteiger partial charge < -0.3 is 104 Å². The highest BCUT2D eigenvalue weighted by atomic mass is 16.6. The Labute approximate surface area is 710 Å². The predicted octanol–water partition coefficient (Wildman–Crippen LogP) is -2.31. The fourth-order valence-corrected chi connectivity index (χ4v) is 12.9. The molecule has 0 aliphatic carbocycles. The monoisotopic (exact) mass is 1760 g/mol. The molecule has 0 bridgehead atoms. The summed E-state index contributed by atoms with van der Waals surface area (Å²) in [6, 6.07) is 3.81. The number of phenolic OH excluding ortho intramolecular Hbond substituents is 1. The molecule has 48 heteroatoms.